The van der Waals surface area contributed by atoms with E-state index in [1.807, 2.05) is 12.1 Å². The van der Waals surface area contributed by atoms with Gasteiger partial charge in [0.05, 0.1) is 12.8 Å². The predicted molar refractivity (Wildman–Crippen MR) is 75.3 cm³/mol. The minimum Gasteiger partial charge on any atom is -0.495 e. The van der Waals surface area contributed by atoms with Crippen molar-refractivity contribution >= 4 is 5.69 Å². The van der Waals surface area contributed by atoms with Crippen LogP contribution in [-0.4, -0.2) is 39.3 Å². The number of nitrogens with one attached hydrogen (secondary N) is 1. The van der Waals surface area contributed by atoms with Gasteiger partial charge in [0.1, 0.15) is 5.75 Å². The fraction of sp³-hybridized carbons (Fsp3) is 0.571. The number of piperidine rings is 1. The van der Waals surface area contributed by atoms with Gasteiger partial charge in [0, 0.05) is 32.2 Å². The Hall–Kier alpha value is -1.26. The summed E-state index contributed by atoms with van der Waals surface area (Å²) in [7, 11) is 1.73. The van der Waals surface area contributed by atoms with Crippen molar-refractivity contribution in [3.05, 3.63) is 24.3 Å². The first-order valence-corrected chi connectivity index (χ1v) is 6.66. The minimum atomic E-state index is 0.611. The molecular formula is C14H23N3O. The maximum absolute atomic E-state index is 5.51. The molecule has 100 valence electrons. The highest BCUT2D eigenvalue weighted by Crippen LogP contribution is 2.29. The zero-order valence-corrected chi connectivity index (χ0v) is 11.1. The molecular weight excluding hydrogens is 226 g/mol. The molecule has 18 heavy (non-hydrogen) atoms. The van der Waals surface area contributed by atoms with Crippen LogP contribution in [0.25, 0.3) is 0 Å². The molecule has 2 rings (SSSR count). The lowest BCUT2D eigenvalue weighted by Gasteiger charge is -2.34. The normalized spacial score (nSPS) is 16.9. The zero-order chi connectivity index (χ0) is 12.8. The number of anilines is 1. The summed E-state index contributed by atoms with van der Waals surface area (Å²) < 4.78 is 5.42. The molecule has 0 unspecified atom stereocenters. The smallest absolute Gasteiger partial charge is 0.142 e. The van der Waals surface area contributed by atoms with Crippen molar-refractivity contribution < 1.29 is 4.74 Å². The van der Waals surface area contributed by atoms with Crippen LogP contribution in [-0.2, 0) is 0 Å². The molecule has 0 saturated carbocycles. The molecule has 1 aromatic carbocycles. The highest BCUT2D eigenvalue weighted by Gasteiger charge is 2.20. The minimum absolute atomic E-state index is 0.611. The van der Waals surface area contributed by atoms with Gasteiger partial charge >= 0.3 is 0 Å². The number of para-hydroxylation sites is 2. The summed E-state index contributed by atoms with van der Waals surface area (Å²) in [5.41, 5.74) is 6.72. The van der Waals surface area contributed by atoms with Gasteiger partial charge in [0.2, 0.25) is 0 Å². The Labute approximate surface area is 109 Å². The molecule has 1 heterocycles. The number of nitrogens with zero attached hydrogens (tertiary/aromatic N) is 1. The van der Waals surface area contributed by atoms with Gasteiger partial charge in [0.25, 0.3) is 0 Å². The van der Waals surface area contributed by atoms with Gasteiger partial charge in [-0.15, -0.1) is 0 Å². The van der Waals surface area contributed by atoms with E-state index in [9.17, 15) is 0 Å². The number of rotatable bonds is 5. The van der Waals surface area contributed by atoms with Crippen LogP contribution in [0.3, 0.4) is 0 Å². The van der Waals surface area contributed by atoms with Crippen LogP contribution < -0.4 is 20.7 Å². The van der Waals surface area contributed by atoms with Gasteiger partial charge in [-0.05, 0) is 25.0 Å². The number of nitrogens with two attached hydrogens (primary N) is 1. The molecule has 0 spiro atoms. The van der Waals surface area contributed by atoms with Gasteiger partial charge in [-0.2, -0.15) is 0 Å². The topological polar surface area (TPSA) is 50.5 Å². The largest absolute Gasteiger partial charge is 0.495 e. The summed E-state index contributed by atoms with van der Waals surface area (Å²) in [4.78, 5) is 2.40. The molecule has 0 aliphatic carbocycles. The van der Waals surface area contributed by atoms with Gasteiger partial charge in [-0.1, -0.05) is 12.1 Å². The molecule has 0 amide bonds. The molecule has 1 aliphatic heterocycles. The van der Waals surface area contributed by atoms with Crippen molar-refractivity contribution in [2.24, 2.45) is 5.73 Å². The van der Waals surface area contributed by atoms with E-state index in [0.717, 1.165) is 38.2 Å². The lowest BCUT2D eigenvalue weighted by molar-refractivity contribution is 0.400. The molecule has 1 fully saturated rings. The molecule has 0 atom stereocenters. The summed E-state index contributed by atoms with van der Waals surface area (Å²) in [5.74, 6) is 0.964. The van der Waals surface area contributed by atoms with Crippen molar-refractivity contribution in [2.75, 3.05) is 38.2 Å². The molecule has 0 aromatic heterocycles. The van der Waals surface area contributed by atoms with Gasteiger partial charge in [-0.3, -0.25) is 0 Å². The third kappa shape index (κ3) is 3.15. The Balaban J connectivity index is 1.92. The molecule has 3 N–H and O–H groups in total. The van der Waals surface area contributed by atoms with E-state index in [-0.39, 0.29) is 0 Å². The first kappa shape index (κ1) is 13.2. The van der Waals surface area contributed by atoms with Crippen LogP contribution in [0.15, 0.2) is 24.3 Å². The van der Waals surface area contributed by atoms with Crippen LogP contribution >= 0.6 is 0 Å². The average Bonchev–Trinajstić information content (AvgIpc) is 2.45. The Morgan fingerprint density at radius 2 is 2.06 bits per heavy atom. The Bertz CT molecular complexity index is 362. The lowest BCUT2D eigenvalue weighted by atomic mass is 10.0. The number of hydrogen-bond donors (Lipinski definition) is 2. The monoisotopic (exact) mass is 249 g/mol. The van der Waals surface area contributed by atoms with Gasteiger partial charge in [0.15, 0.2) is 0 Å². The second-order valence-corrected chi connectivity index (χ2v) is 4.68. The highest BCUT2D eigenvalue weighted by molar-refractivity contribution is 5.58. The summed E-state index contributed by atoms with van der Waals surface area (Å²) in [6.45, 7) is 3.78. The average molecular weight is 249 g/mol. The number of benzene rings is 1. The van der Waals surface area contributed by atoms with Gasteiger partial charge in [-0.25, -0.2) is 0 Å². The number of hydrogen-bond acceptors (Lipinski definition) is 4. The van der Waals surface area contributed by atoms with E-state index in [4.69, 9.17) is 10.5 Å². The van der Waals surface area contributed by atoms with Crippen LogP contribution in [0.4, 0.5) is 5.69 Å². The summed E-state index contributed by atoms with van der Waals surface area (Å²) >= 11 is 0. The standard InChI is InChI=1S/C14H23N3O/c1-18-14-5-3-2-4-13(14)17-10-6-12(7-11-17)16-9-8-15/h2-5,12,16H,6-11,15H2,1H3. The van der Waals surface area contributed by atoms with E-state index in [1.165, 1.54) is 5.69 Å². The SMILES string of the molecule is COc1ccccc1N1CCC(NCCN)CC1. The molecule has 0 bridgehead atoms. The first-order valence-electron chi connectivity index (χ1n) is 6.66. The molecule has 4 heteroatoms. The highest BCUT2D eigenvalue weighted by atomic mass is 16.5. The summed E-state index contributed by atoms with van der Waals surface area (Å²) in [6, 6.07) is 8.84. The van der Waals surface area contributed by atoms with Crippen molar-refractivity contribution in [3.63, 3.8) is 0 Å². The fourth-order valence-corrected chi connectivity index (χ4v) is 2.50. The van der Waals surface area contributed by atoms with Crippen LogP contribution in [0.1, 0.15) is 12.8 Å². The first-order chi connectivity index (χ1) is 8.85. The Morgan fingerprint density at radius 1 is 1.33 bits per heavy atom. The van der Waals surface area contributed by atoms with Crippen molar-refractivity contribution in [2.45, 2.75) is 18.9 Å². The lowest BCUT2D eigenvalue weighted by Crippen LogP contribution is -2.43. The maximum atomic E-state index is 5.51. The van der Waals surface area contributed by atoms with E-state index in [0.29, 0.717) is 12.6 Å². The van der Waals surface area contributed by atoms with Crippen LogP contribution in [0.5, 0.6) is 5.75 Å². The van der Waals surface area contributed by atoms with E-state index in [2.05, 4.69) is 22.3 Å². The third-order valence-electron chi connectivity index (χ3n) is 3.50. The zero-order valence-electron chi connectivity index (χ0n) is 11.1. The number of ether oxygens (including phenoxy) is 1. The van der Waals surface area contributed by atoms with Crippen molar-refractivity contribution in [3.8, 4) is 5.75 Å². The molecule has 0 radical (unpaired) electrons. The Morgan fingerprint density at radius 3 is 2.72 bits per heavy atom. The van der Waals surface area contributed by atoms with Crippen molar-refractivity contribution in [1.29, 1.82) is 0 Å². The second-order valence-electron chi connectivity index (χ2n) is 4.68. The molecule has 1 saturated heterocycles. The predicted octanol–water partition coefficient (Wildman–Crippen LogP) is 1.21. The molecule has 1 aromatic rings. The van der Waals surface area contributed by atoms with Gasteiger partial charge < -0.3 is 20.7 Å². The maximum Gasteiger partial charge on any atom is 0.142 e. The van der Waals surface area contributed by atoms with E-state index < -0.39 is 0 Å². The summed E-state index contributed by atoms with van der Waals surface area (Å²) in [6.07, 6.45) is 2.33. The Kier molecular flexibility index (Phi) is 4.84. The molecule has 4 nitrogen and oxygen atoms in total. The summed E-state index contributed by atoms with van der Waals surface area (Å²) in [5, 5.41) is 3.49. The van der Waals surface area contributed by atoms with E-state index >= 15 is 0 Å². The van der Waals surface area contributed by atoms with Crippen LogP contribution in [0, 0.1) is 0 Å². The van der Waals surface area contributed by atoms with E-state index in [1.54, 1.807) is 7.11 Å². The van der Waals surface area contributed by atoms with Crippen molar-refractivity contribution in [1.82, 2.24) is 5.32 Å². The van der Waals surface area contributed by atoms with Crippen LogP contribution in [0.2, 0.25) is 0 Å². The second kappa shape index (κ2) is 6.61. The quantitative estimate of drug-likeness (QED) is 0.823. The number of methoxy groups -OCH3 is 1. The molecule has 1 aliphatic rings. The third-order valence-corrected chi connectivity index (χ3v) is 3.50. The fourth-order valence-electron chi connectivity index (χ4n) is 2.50.